The first-order chi connectivity index (χ1) is 31.7. The maximum Gasteiger partial charge on any atom is 0.0873 e. The maximum atomic E-state index is 6.26. The predicted molar refractivity (Wildman–Crippen MR) is 294 cm³/mol. The van der Waals surface area contributed by atoms with Crippen molar-refractivity contribution in [3.8, 4) is 0 Å². The van der Waals surface area contributed by atoms with E-state index in [0.29, 0.717) is 10.8 Å². The molecule has 0 aliphatic rings. The second kappa shape index (κ2) is 26.1. The molecule has 2 heteroatoms. The summed E-state index contributed by atoms with van der Waals surface area (Å²) < 4.78 is 12.5. The minimum Gasteiger partial charge on any atom is -0.501 e. The molecule has 2 nitrogen and oxygen atoms in total. The van der Waals surface area contributed by atoms with E-state index in [-0.39, 0.29) is 0 Å². The monoisotopic (exact) mass is 895 g/mol. The number of fused-ring (bicyclic) bond motifs is 4. The Balaban J connectivity index is 1.18. The van der Waals surface area contributed by atoms with Gasteiger partial charge in [-0.3, -0.25) is 0 Å². The second-order valence-corrected chi connectivity index (χ2v) is 22.3. The standard InChI is InChI=1S/C64H94O2/c1-47(2)63(48(3)4,49(5)6)37-27-19-15-13-17-21-29-39-65-41-35-57-59-43-53-31-23-25-33-55(53)45-61(59)58(62-46-56-34-26-24-32-54(56)44-60(57)62)36-42-66-40-30-22-18-14-16-20-28-38-64(50(7)8,51(9)10)52(11)12/h23-26,31-36,41-52H,13-22,27-30,37-40H2,1-12H3. The summed E-state index contributed by atoms with van der Waals surface area (Å²) >= 11 is 0. The van der Waals surface area contributed by atoms with E-state index < -0.39 is 0 Å². The van der Waals surface area contributed by atoms with Crippen LogP contribution in [0.5, 0.6) is 0 Å². The highest BCUT2D eigenvalue weighted by molar-refractivity contribution is 6.18. The first kappa shape index (κ1) is 53.2. The highest BCUT2D eigenvalue weighted by atomic mass is 16.5. The van der Waals surface area contributed by atoms with Gasteiger partial charge in [0.05, 0.1) is 25.7 Å². The average Bonchev–Trinajstić information content (AvgIpc) is 3.28. The van der Waals surface area contributed by atoms with Crippen LogP contribution in [0.2, 0.25) is 0 Å². The fourth-order valence-corrected chi connectivity index (χ4v) is 13.1. The largest absolute Gasteiger partial charge is 0.501 e. The molecule has 0 atom stereocenters. The van der Waals surface area contributed by atoms with Gasteiger partial charge in [-0.15, -0.1) is 0 Å². The summed E-state index contributed by atoms with van der Waals surface area (Å²) in [5, 5.41) is 9.97. The van der Waals surface area contributed by atoms with Crippen LogP contribution in [0.25, 0.3) is 55.2 Å². The summed E-state index contributed by atoms with van der Waals surface area (Å²) in [4.78, 5) is 0. The summed E-state index contributed by atoms with van der Waals surface area (Å²) in [5.41, 5.74) is 3.35. The third-order valence-corrected chi connectivity index (χ3v) is 16.8. The lowest BCUT2D eigenvalue weighted by Gasteiger charge is -2.45. The lowest BCUT2D eigenvalue weighted by atomic mass is 9.60. The van der Waals surface area contributed by atoms with Crippen molar-refractivity contribution in [2.24, 2.45) is 46.3 Å². The number of benzene rings is 5. The summed E-state index contributed by atoms with van der Waals surface area (Å²) in [7, 11) is 0. The lowest BCUT2D eigenvalue weighted by molar-refractivity contribution is 0.0355. The Morgan fingerprint density at radius 3 is 0.848 bits per heavy atom. The molecule has 0 aliphatic heterocycles. The van der Waals surface area contributed by atoms with Crippen molar-refractivity contribution in [1.82, 2.24) is 0 Å². The fraction of sp³-hybridized carbons (Fsp3) is 0.594. The van der Waals surface area contributed by atoms with Gasteiger partial charge in [0.15, 0.2) is 0 Å². The fourth-order valence-electron chi connectivity index (χ4n) is 13.1. The molecule has 5 rings (SSSR count). The zero-order chi connectivity index (χ0) is 47.7. The molecule has 0 unspecified atom stereocenters. The normalized spacial score (nSPS) is 13.1. The minimum atomic E-state index is 0.460. The molecule has 0 saturated heterocycles. The zero-order valence-corrected chi connectivity index (χ0v) is 44.2. The SMILES string of the molecule is CC(C)C(CCCCCCCCCOC=Cc1c2cc3ccccc3cc2c(C=COCCCCCCCCCC(C(C)C)(C(C)C)C(C)C)c2cc3ccccc3cc12)(C(C)C)C(C)C. The highest BCUT2D eigenvalue weighted by Crippen LogP contribution is 2.48. The molecule has 0 spiro atoms. The van der Waals surface area contributed by atoms with E-state index in [0.717, 1.165) is 61.6 Å². The van der Waals surface area contributed by atoms with Crippen LogP contribution >= 0.6 is 0 Å². The number of hydrogen-bond donors (Lipinski definition) is 0. The molecule has 0 saturated carbocycles. The Hall–Kier alpha value is -3.78. The Labute approximate surface area is 404 Å². The number of ether oxygens (including phenoxy) is 2. The van der Waals surface area contributed by atoms with E-state index in [2.05, 4.69) is 168 Å². The second-order valence-electron chi connectivity index (χ2n) is 22.3. The van der Waals surface area contributed by atoms with Gasteiger partial charge >= 0.3 is 0 Å². The zero-order valence-electron chi connectivity index (χ0n) is 44.2. The maximum absolute atomic E-state index is 6.26. The molecular formula is C64H94O2. The first-order valence-electron chi connectivity index (χ1n) is 27.1. The first-order valence-corrected chi connectivity index (χ1v) is 27.1. The Morgan fingerprint density at radius 1 is 0.348 bits per heavy atom. The lowest BCUT2D eigenvalue weighted by Crippen LogP contribution is -2.38. The number of unbranched alkanes of at least 4 members (excludes halogenated alkanes) is 12. The van der Waals surface area contributed by atoms with Crippen molar-refractivity contribution in [1.29, 1.82) is 0 Å². The van der Waals surface area contributed by atoms with Crippen molar-refractivity contribution in [2.75, 3.05) is 13.2 Å². The van der Waals surface area contributed by atoms with E-state index in [1.165, 1.54) is 144 Å². The summed E-state index contributed by atoms with van der Waals surface area (Å²) in [6.45, 7) is 30.8. The summed E-state index contributed by atoms with van der Waals surface area (Å²) in [6.07, 6.45) is 29.1. The van der Waals surface area contributed by atoms with Crippen LogP contribution in [-0.4, -0.2) is 13.2 Å². The van der Waals surface area contributed by atoms with Gasteiger partial charge in [0, 0.05) is 0 Å². The van der Waals surface area contributed by atoms with Crippen LogP contribution in [0.3, 0.4) is 0 Å². The number of hydrogen-bond acceptors (Lipinski definition) is 2. The van der Waals surface area contributed by atoms with Crippen LogP contribution in [0, 0.1) is 46.3 Å². The van der Waals surface area contributed by atoms with Crippen LogP contribution in [0.1, 0.15) is 197 Å². The van der Waals surface area contributed by atoms with E-state index in [9.17, 15) is 0 Å². The van der Waals surface area contributed by atoms with Crippen LogP contribution in [0.15, 0.2) is 85.3 Å². The topological polar surface area (TPSA) is 18.5 Å². The average molecular weight is 895 g/mol. The van der Waals surface area contributed by atoms with Gasteiger partial charge in [0.2, 0.25) is 0 Å². The molecule has 362 valence electrons. The molecule has 66 heavy (non-hydrogen) atoms. The third kappa shape index (κ3) is 13.3. The Morgan fingerprint density at radius 2 is 0.591 bits per heavy atom. The van der Waals surface area contributed by atoms with Crippen LogP contribution in [0.4, 0.5) is 0 Å². The van der Waals surface area contributed by atoms with E-state index in [1.807, 2.05) is 12.5 Å². The molecule has 0 heterocycles. The highest BCUT2D eigenvalue weighted by Gasteiger charge is 2.40. The van der Waals surface area contributed by atoms with E-state index in [4.69, 9.17) is 9.47 Å². The van der Waals surface area contributed by atoms with Gasteiger partial charge in [-0.25, -0.2) is 0 Å². The summed E-state index contributed by atoms with van der Waals surface area (Å²) in [5.74, 6) is 4.40. The predicted octanol–water partition coefficient (Wildman–Crippen LogP) is 20.4. The summed E-state index contributed by atoms with van der Waals surface area (Å²) in [6, 6.07) is 27.0. The Kier molecular flexibility index (Phi) is 21.0. The minimum absolute atomic E-state index is 0.460. The van der Waals surface area contributed by atoms with Crippen molar-refractivity contribution >= 4 is 55.2 Å². The molecule has 0 amide bonds. The van der Waals surface area contributed by atoms with E-state index >= 15 is 0 Å². The Bertz CT molecular complexity index is 1960. The third-order valence-electron chi connectivity index (χ3n) is 16.8. The van der Waals surface area contributed by atoms with Gasteiger partial charge in [-0.2, -0.15) is 0 Å². The van der Waals surface area contributed by atoms with Crippen molar-refractivity contribution in [3.05, 3.63) is 96.4 Å². The quantitative estimate of drug-likeness (QED) is 0.0260. The van der Waals surface area contributed by atoms with Gasteiger partial charge < -0.3 is 9.47 Å². The molecule has 0 aromatic heterocycles. The smallest absolute Gasteiger partial charge is 0.0873 e. The van der Waals surface area contributed by atoms with Crippen LogP contribution < -0.4 is 0 Å². The van der Waals surface area contributed by atoms with Gasteiger partial charge in [-0.1, -0.05) is 209 Å². The van der Waals surface area contributed by atoms with Gasteiger partial charge in [0.25, 0.3) is 0 Å². The van der Waals surface area contributed by atoms with Gasteiger partial charge in [-0.05, 0) is 163 Å². The van der Waals surface area contributed by atoms with Gasteiger partial charge in [0.1, 0.15) is 0 Å². The van der Waals surface area contributed by atoms with Crippen LogP contribution in [-0.2, 0) is 9.47 Å². The molecule has 0 fully saturated rings. The van der Waals surface area contributed by atoms with E-state index in [1.54, 1.807) is 0 Å². The molecule has 0 aliphatic carbocycles. The molecule has 0 radical (unpaired) electrons. The molecule has 5 aromatic carbocycles. The molecule has 0 bridgehead atoms. The van der Waals surface area contributed by atoms with Crippen molar-refractivity contribution in [2.45, 2.75) is 186 Å². The van der Waals surface area contributed by atoms with Crippen molar-refractivity contribution < 1.29 is 9.47 Å². The molecule has 0 N–H and O–H groups in total. The van der Waals surface area contributed by atoms with Crippen molar-refractivity contribution in [3.63, 3.8) is 0 Å². The molecule has 5 aromatic rings. The molecular weight excluding hydrogens is 801 g/mol. The number of rotatable bonds is 30.